The van der Waals surface area contributed by atoms with Gasteiger partial charge in [0.25, 0.3) is 0 Å². The quantitative estimate of drug-likeness (QED) is 0.0194. The number of aliphatic hydroxyl groups is 1. The highest BCUT2D eigenvalue weighted by atomic mass is 32.2. The number of carbonyl (C=O) groups is 1. The van der Waals surface area contributed by atoms with Gasteiger partial charge in [-0.25, -0.2) is 63.7 Å². The zero-order valence-electron chi connectivity index (χ0n) is 87.3. The van der Waals surface area contributed by atoms with E-state index in [1.807, 2.05) is 69.5 Å². The van der Waals surface area contributed by atoms with Crippen LogP contribution in [0.2, 0.25) is 0 Å². The minimum absolute atomic E-state index is 0.102. The van der Waals surface area contributed by atoms with Crippen molar-refractivity contribution < 1.29 is 137 Å². The Morgan fingerprint density at radius 3 is 0.842 bits per heavy atom. The summed E-state index contributed by atoms with van der Waals surface area (Å²) < 4.78 is 233. The van der Waals surface area contributed by atoms with Crippen LogP contribution in [0.25, 0.3) is 0 Å². The van der Waals surface area contributed by atoms with E-state index >= 15 is 0 Å². The van der Waals surface area contributed by atoms with Crippen LogP contribution in [0.4, 0.5) is 0 Å². The predicted octanol–water partition coefficient (Wildman–Crippen LogP) is 15.0. The number of unbranched alkanes of at least 4 members (excludes halogenated alkanes) is 19. The van der Waals surface area contributed by atoms with E-state index < -0.39 is 88.4 Å². The van der Waals surface area contributed by atoms with Gasteiger partial charge in [0.05, 0.1) is 254 Å². The number of carbonyl (C=O) groups excluding carboxylic acids is 1. The molecular weight excluding hydrogens is 1920 g/mol. The second kappa shape index (κ2) is 85.0. The molecule has 0 amide bonds. The van der Waals surface area contributed by atoms with Gasteiger partial charge in [0, 0.05) is 66.6 Å². The van der Waals surface area contributed by atoms with Crippen molar-refractivity contribution in [2.45, 2.75) is 240 Å². The van der Waals surface area contributed by atoms with E-state index in [9.17, 15) is 101 Å². The number of likely N-dealkylation sites (N-methyl/N-ethyl adjacent to an activating group) is 3. The molecule has 1 N–H and O–H groups in total. The standard InChI is InChI=1S/C25H49NO3S.C19H37NO3S.C13H23NO5S.C12H23NO4S.2C11H21NO3S.C10H19NO3S/c1-5-8-9-10-11-12-13-14-15-16-17-18-20-25(4)26(21-6-2,22-7-3)23-19-24-30(27,28)29;1-4-7-8-9-10-11-12-13-17-20(15-5-2,16-6-3)18-14-19-24(21,22)23;1-4-8-14(9-5-2,12-13(15)19-6-3)10-7-11-20(16,17)18;1-4-7-13(8-5-2,9-6-3)10-12(14)11-18(15,16)17;1-4-8-12(3,9-5-2)10-6-7-11-16(13,14)15;1-4-8-12(6-3,9-5-2)10-7-11-16(13,14)15;1-4-7-11(3,8-5-2)9-6-10-15(12,13)14/h6-7,25H,2-3,5,8-24H2,1,4H3;5-6H,2-4,7-19H2,1H3;4-5H,1-2,6-12H2,3H3;4-5,12,14H,1-2,6-11H2,3H3;2*4-5H,1-2,6-11H2,3H3;4-5H,1-2,6-10H2,3H3. The summed E-state index contributed by atoms with van der Waals surface area (Å²) in [4.78, 5) is 11.7. The van der Waals surface area contributed by atoms with Crippen LogP contribution < -0.4 is 0 Å². The first-order valence-corrected chi connectivity index (χ1v) is 60.7. The van der Waals surface area contributed by atoms with Gasteiger partial charge in [-0.2, -0.15) is 0 Å². The fourth-order valence-electron chi connectivity index (χ4n) is 17.0. The van der Waals surface area contributed by atoms with Crippen molar-refractivity contribution in [1.29, 1.82) is 0 Å². The van der Waals surface area contributed by atoms with Gasteiger partial charge in [0.1, 0.15) is 12.6 Å². The van der Waals surface area contributed by atoms with Crippen molar-refractivity contribution in [3.63, 3.8) is 0 Å². The molecule has 0 rings (SSSR count). The smallest absolute Gasteiger partial charge is 0.361 e. The Labute approximate surface area is 849 Å². The molecule has 0 bridgehead atoms. The lowest BCUT2D eigenvalue weighted by atomic mass is 10.0. The van der Waals surface area contributed by atoms with Crippen molar-refractivity contribution in [3.05, 3.63) is 177 Å². The first-order chi connectivity index (χ1) is 64.8. The molecule has 38 heteroatoms. The molecule has 0 heterocycles. The van der Waals surface area contributed by atoms with E-state index in [4.69, 9.17) is 4.74 Å². The third-order valence-electron chi connectivity index (χ3n) is 23.9. The predicted molar refractivity (Wildman–Crippen MR) is 569 cm³/mol. The lowest BCUT2D eigenvalue weighted by Crippen LogP contribution is -2.55. The largest absolute Gasteiger partial charge is 0.748 e. The number of hydrogen-bond donors (Lipinski definition) is 1. The van der Waals surface area contributed by atoms with Crippen molar-refractivity contribution >= 4 is 76.8 Å². The maximum absolute atomic E-state index is 11.7. The number of hydrogen-bond acceptors (Lipinski definition) is 24. The van der Waals surface area contributed by atoms with E-state index in [1.165, 1.54) is 122 Å². The normalized spacial score (nSPS) is 12.7. The number of nitrogens with zero attached hydrogens (tertiary/aromatic N) is 7. The van der Waals surface area contributed by atoms with E-state index in [-0.39, 0.29) is 65.3 Å². The SMILES string of the molecule is C=CC[N+](C)(CC=C)CCCCS(=O)(=O)[O-].C=CC[N+](C)(CC=C)CCCS(=O)(=O)[O-].C=CC[N+](CC)(CC=C)CCCS(=O)(=O)[O-].C=CC[N+](CC=C)(CCC)CC(O)CS(=O)(=O)[O-].C=CC[N+](CC=C)(CCCCCCCCCC)CCCS(=O)(=O)[O-].C=CC[N+](CC=C)(CCCS(=O)(=O)[O-])C(C)CCCCCCCCCCCCCC.C=CC[N+](CC=C)(CCCS(=O)(=O)[O-])CC(=O)OCC. The van der Waals surface area contributed by atoms with Gasteiger partial charge in [0.2, 0.25) is 0 Å². The maximum Gasteiger partial charge on any atom is 0.361 e. The van der Waals surface area contributed by atoms with Gasteiger partial charge < -0.3 is 73.1 Å². The van der Waals surface area contributed by atoms with Gasteiger partial charge in [-0.1, -0.05) is 222 Å². The van der Waals surface area contributed by atoms with E-state index in [0.717, 1.165) is 131 Å². The van der Waals surface area contributed by atoms with Gasteiger partial charge in [-0.15, -0.1) is 0 Å². The van der Waals surface area contributed by atoms with Crippen molar-refractivity contribution in [2.75, 3.05) is 225 Å². The molecule has 0 saturated carbocycles. The van der Waals surface area contributed by atoms with Gasteiger partial charge in [-0.05, 0) is 151 Å². The molecule has 0 aromatic carbocycles. The lowest BCUT2D eigenvalue weighted by molar-refractivity contribution is -0.939. The average molecular weight is 2110 g/mol. The van der Waals surface area contributed by atoms with Crippen LogP contribution >= 0.6 is 0 Å². The molecule has 2 unspecified atom stereocenters. The molecule has 0 aliphatic carbocycles. The first-order valence-electron chi connectivity index (χ1n) is 49.7. The van der Waals surface area contributed by atoms with Crippen LogP contribution in [-0.2, 0) is 80.4 Å². The van der Waals surface area contributed by atoms with Crippen LogP contribution in [0.3, 0.4) is 0 Å². The van der Waals surface area contributed by atoms with Crippen LogP contribution in [0.15, 0.2) is 177 Å². The molecule has 0 spiro atoms. The Morgan fingerprint density at radius 2 is 0.540 bits per heavy atom. The third-order valence-corrected chi connectivity index (χ3v) is 29.5. The highest BCUT2D eigenvalue weighted by Gasteiger charge is 2.34. The Bertz CT molecular complexity index is 4120. The van der Waals surface area contributed by atoms with Crippen molar-refractivity contribution in [2.24, 2.45) is 0 Å². The Balaban J connectivity index is -0.000000296. The second-order valence-electron chi connectivity index (χ2n) is 37.1. The summed E-state index contributed by atoms with van der Waals surface area (Å²) in [5.74, 6) is -2.97. The van der Waals surface area contributed by atoms with E-state index in [2.05, 4.69) is 120 Å². The molecule has 0 aliphatic heterocycles. The fourth-order valence-corrected chi connectivity index (χ4v) is 20.5. The minimum Gasteiger partial charge on any atom is -0.748 e. The summed E-state index contributed by atoms with van der Waals surface area (Å²) in [7, 11) is -25.1. The summed E-state index contributed by atoms with van der Waals surface area (Å²) >= 11 is 0. The number of ether oxygens (including phenoxy) is 1. The molecule has 818 valence electrons. The van der Waals surface area contributed by atoms with E-state index in [1.54, 1.807) is 43.4 Å². The number of aliphatic hydroxyl groups excluding tert-OH is 1. The summed E-state index contributed by atoms with van der Waals surface area (Å²) in [5.41, 5.74) is 0. The molecule has 0 radical (unpaired) electrons. The molecule has 0 aromatic heterocycles. The number of esters is 1. The lowest BCUT2D eigenvalue weighted by Gasteiger charge is -2.43. The zero-order chi connectivity index (χ0) is 108. The molecule has 31 nitrogen and oxygen atoms in total. The van der Waals surface area contributed by atoms with Crippen LogP contribution in [-0.4, -0.2) is 370 Å². The summed E-state index contributed by atoms with van der Waals surface area (Å²) in [5, 5.41) is 9.74. The Morgan fingerprint density at radius 1 is 0.288 bits per heavy atom. The van der Waals surface area contributed by atoms with Gasteiger partial charge >= 0.3 is 5.97 Å². The highest BCUT2D eigenvalue weighted by Crippen LogP contribution is 2.24. The van der Waals surface area contributed by atoms with Crippen LogP contribution in [0.1, 0.15) is 228 Å². The Hall–Kier alpha value is -5.12. The molecule has 0 saturated heterocycles. The molecule has 0 aliphatic rings. The minimum atomic E-state index is -4.40. The van der Waals surface area contributed by atoms with Gasteiger partial charge in [-0.3, -0.25) is 0 Å². The maximum atomic E-state index is 11.7. The fraction of sp³-hybridized carbons (Fsp3) is 0.713. The average Bonchev–Trinajstić information content (AvgIpc) is 0.827. The van der Waals surface area contributed by atoms with Crippen LogP contribution in [0.5, 0.6) is 0 Å². The summed E-state index contributed by atoms with van der Waals surface area (Å²) in [6.45, 7) is 81.9. The summed E-state index contributed by atoms with van der Waals surface area (Å²) in [6, 6.07) is 0.401. The Kier molecular flexibility index (Phi) is 89.8. The monoisotopic (exact) mass is 2110 g/mol. The third kappa shape index (κ3) is 93.7. The summed E-state index contributed by atoms with van der Waals surface area (Å²) in [6.07, 6.45) is 55.4. The molecular formula is C101H193N7O24S7. The molecule has 139 heavy (non-hydrogen) atoms. The number of rotatable bonds is 86. The van der Waals surface area contributed by atoms with E-state index in [0.29, 0.717) is 110 Å². The highest BCUT2D eigenvalue weighted by molar-refractivity contribution is 7.87. The van der Waals surface area contributed by atoms with Gasteiger partial charge in [0.15, 0.2) is 6.54 Å². The van der Waals surface area contributed by atoms with Crippen molar-refractivity contribution in [1.82, 2.24) is 0 Å². The molecule has 2 atom stereocenters. The first kappa shape index (κ1) is 147. The number of quaternary nitrogens is 7. The topological polar surface area (TPSA) is 447 Å². The second-order valence-corrected chi connectivity index (χ2v) is 47.7. The molecule has 0 fully saturated rings. The molecule has 0 aromatic rings. The van der Waals surface area contributed by atoms with Crippen molar-refractivity contribution in [3.8, 4) is 0 Å². The zero-order valence-corrected chi connectivity index (χ0v) is 93.0. The van der Waals surface area contributed by atoms with Crippen LogP contribution in [0, 0.1) is 0 Å².